The Morgan fingerprint density at radius 2 is 1.89 bits per heavy atom. The number of halogens is 1. The lowest BCUT2D eigenvalue weighted by Gasteiger charge is -2.40. The van der Waals surface area contributed by atoms with E-state index in [9.17, 15) is 4.39 Å². The second kappa shape index (κ2) is 4.05. The van der Waals surface area contributed by atoms with Gasteiger partial charge in [0.2, 0.25) is 0 Å². The highest BCUT2D eigenvalue weighted by molar-refractivity contribution is 5.23. The van der Waals surface area contributed by atoms with Gasteiger partial charge in [0, 0.05) is 5.54 Å². The van der Waals surface area contributed by atoms with Crippen molar-refractivity contribution in [2.24, 2.45) is 29.4 Å². The molecule has 3 aliphatic rings. The molecule has 1 nitrogen and oxygen atoms in total. The Kier molecular flexibility index (Phi) is 2.54. The fourth-order valence-electron chi connectivity index (χ4n) is 5.50. The molecule has 5 atom stereocenters. The average Bonchev–Trinajstić information content (AvgIpc) is 3.02. The molecule has 4 rings (SSSR count). The van der Waals surface area contributed by atoms with Gasteiger partial charge in [0.1, 0.15) is 5.82 Å². The summed E-state index contributed by atoms with van der Waals surface area (Å²) in [5.74, 6) is 3.32. The van der Waals surface area contributed by atoms with Gasteiger partial charge in [-0.15, -0.1) is 0 Å². The van der Waals surface area contributed by atoms with Gasteiger partial charge in [0.15, 0.2) is 0 Å². The number of hydrogen-bond acceptors (Lipinski definition) is 1. The molecule has 1 aromatic carbocycles. The van der Waals surface area contributed by atoms with E-state index >= 15 is 0 Å². The van der Waals surface area contributed by atoms with Crippen LogP contribution in [0, 0.1) is 29.5 Å². The van der Waals surface area contributed by atoms with Crippen LogP contribution in [0.1, 0.15) is 37.7 Å². The molecule has 0 aromatic heterocycles. The summed E-state index contributed by atoms with van der Waals surface area (Å²) in [5, 5.41) is 0. The lowest BCUT2D eigenvalue weighted by atomic mass is 9.69. The zero-order valence-electron chi connectivity index (χ0n) is 11.3. The van der Waals surface area contributed by atoms with Crippen molar-refractivity contribution in [1.29, 1.82) is 0 Å². The molecule has 19 heavy (non-hydrogen) atoms. The Morgan fingerprint density at radius 3 is 2.68 bits per heavy atom. The van der Waals surface area contributed by atoms with Crippen LogP contribution in [0.2, 0.25) is 0 Å². The van der Waals surface area contributed by atoms with Crippen LogP contribution >= 0.6 is 0 Å². The van der Waals surface area contributed by atoms with Crippen LogP contribution in [-0.2, 0) is 6.42 Å². The largest absolute Gasteiger partial charge is 0.325 e. The number of benzene rings is 1. The first kappa shape index (κ1) is 11.9. The second-order valence-electron chi connectivity index (χ2n) is 7.10. The molecule has 0 heterocycles. The zero-order valence-corrected chi connectivity index (χ0v) is 11.3. The minimum Gasteiger partial charge on any atom is -0.325 e. The minimum atomic E-state index is -0.154. The van der Waals surface area contributed by atoms with Gasteiger partial charge in [-0.25, -0.2) is 4.39 Å². The molecule has 3 saturated carbocycles. The quantitative estimate of drug-likeness (QED) is 0.864. The smallest absolute Gasteiger partial charge is 0.123 e. The Hall–Kier alpha value is -0.890. The summed E-state index contributed by atoms with van der Waals surface area (Å²) >= 11 is 0. The third-order valence-corrected chi connectivity index (χ3v) is 6.13. The van der Waals surface area contributed by atoms with E-state index in [1.807, 2.05) is 12.1 Å². The summed E-state index contributed by atoms with van der Waals surface area (Å²) in [6.07, 6.45) is 7.72. The molecule has 3 aliphatic carbocycles. The van der Waals surface area contributed by atoms with Crippen molar-refractivity contribution in [3.05, 3.63) is 35.6 Å². The minimum absolute atomic E-state index is 0.0198. The lowest BCUT2D eigenvalue weighted by molar-refractivity contribution is 0.156. The van der Waals surface area contributed by atoms with E-state index in [0.717, 1.165) is 30.1 Å². The summed E-state index contributed by atoms with van der Waals surface area (Å²) < 4.78 is 13.0. The van der Waals surface area contributed by atoms with E-state index in [4.69, 9.17) is 5.73 Å². The molecule has 1 aromatic rings. The van der Waals surface area contributed by atoms with Gasteiger partial charge < -0.3 is 5.73 Å². The van der Waals surface area contributed by atoms with Crippen LogP contribution in [0.5, 0.6) is 0 Å². The Labute approximate surface area is 114 Å². The molecular formula is C17H22FN. The fraction of sp³-hybridized carbons (Fsp3) is 0.647. The van der Waals surface area contributed by atoms with E-state index in [1.54, 1.807) is 12.1 Å². The van der Waals surface area contributed by atoms with Gasteiger partial charge in [-0.05, 0) is 73.5 Å². The second-order valence-corrected chi connectivity index (χ2v) is 7.10. The van der Waals surface area contributed by atoms with Crippen LogP contribution < -0.4 is 5.73 Å². The first-order valence-electron chi connectivity index (χ1n) is 7.69. The molecule has 2 bridgehead atoms. The predicted octanol–water partition coefficient (Wildman–Crippen LogP) is 3.52. The van der Waals surface area contributed by atoms with Crippen molar-refractivity contribution in [3.8, 4) is 0 Å². The molecule has 0 spiro atoms. The van der Waals surface area contributed by atoms with Crippen molar-refractivity contribution in [2.75, 3.05) is 0 Å². The van der Waals surface area contributed by atoms with Gasteiger partial charge in [0.05, 0.1) is 0 Å². The van der Waals surface area contributed by atoms with Crippen molar-refractivity contribution in [2.45, 2.75) is 44.1 Å². The number of hydrogen-bond donors (Lipinski definition) is 1. The zero-order chi connectivity index (χ0) is 13.0. The van der Waals surface area contributed by atoms with Crippen LogP contribution in [-0.4, -0.2) is 5.54 Å². The summed E-state index contributed by atoms with van der Waals surface area (Å²) in [6.45, 7) is 0. The van der Waals surface area contributed by atoms with E-state index in [0.29, 0.717) is 0 Å². The molecular weight excluding hydrogens is 237 g/mol. The average molecular weight is 259 g/mol. The topological polar surface area (TPSA) is 26.0 Å². The molecule has 3 fully saturated rings. The molecule has 0 aliphatic heterocycles. The predicted molar refractivity (Wildman–Crippen MR) is 74.1 cm³/mol. The summed E-state index contributed by atoms with van der Waals surface area (Å²) in [4.78, 5) is 0. The van der Waals surface area contributed by atoms with Crippen LogP contribution in [0.3, 0.4) is 0 Å². The van der Waals surface area contributed by atoms with Gasteiger partial charge in [-0.2, -0.15) is 0 Å². The normalized spacial score (nSPS) is 43.7. The van der Waals surface area contributed by atoms with Gasteiger partial charge in [-0.3, -0.25) is 0 Å². The number of nitrogens with two attached hydrogens (primary N) is 1. The van der Waals surface area contributed by atoms with E-state index in [2.05, 4.69) is 0 Å². The number of fused-ring (bicyclic) bond motifs is 5. The maximum absolute atomic E-state index is 13.0. The highest BCUT2D eigenvalue weighted by atomic mass is 19.1. The van der Waals surface area contributed by atoms with Gasteiger partial charge in [-0.1, -0.05) is 18.6 Å². The first-order valence-corrected chi connectivity index (χ1v) is 7.69. The van der Waals surface area contributed by atoms with E-state index < -0.39 is 0 Å². The van der Waals surface area contributed by atoms with Crippen LogP contribution in [0.4, 0.5) is 4.39 Å². The van der Waals surface area contributed by atoms with Crippen LogP contribution in [0.15, 0.2) is 24.3 Å². The highest BCUT2D eigenvalue weighted by Gasteiger charge is 2.58. The third-order valence-electron chi connectivity index (χ3n) is 6.13. The van der Waals surface area contributed by atoms with Gasteiger partial charge in [0.25, 0.3) is 0 Å². The molecule has 0 amide bonds. The lowest BCUT2D eigenvalue weighted by Crippen LogP contribution is -2.50. The Morgan fingerprint density at radius 1 is 1.16 bits per heavy atom. The fourth-order valence-corrected chi connectivity index (χ4v) is 5.50. The van der Waals surface area contributed by atoms with E-state index in [1.165, 1.54) is 37.7 Å². The summed E-state index contributed by atoms with van der Waals surface area (Å²) in [6, 6.07) is 6.93. The molecule has 0 saturated heterocycles. The van der Waals surface area contributed by atoms with Crippen molar-refractivity contribution in [3.63, 3.8) is 0 Å². The first-order chi connectivity index (χ1) is 9.16. The molecule has 102 valence electrons. The highest BCUT2D eigenvalue weighted by Crippen LogP contribution is 2.62. The molecule has 2 heteroatoms. The maximum Gasteiger partial charge on any atom is 0.123 e. The maximum atomic E-state index is 13.0. The SMILES string of the molecule is NC1(Cc2ccc(F)cc2)CC2CC1C1CCCC21. The third kappa shape index (κ3) is 1.76. The van der Waals surface area contributed by atoms with Crippen molar-refractivity contribution < 1.29 is 4.39 Å². The Bertz CT molecular complexity index is 483. The Balaban J connectivity index is 1.56. The van der Waals surface area contributed by atoms with Gasteiger partial charge >= 0.3 is 0 Å². The van der Waals surface area contributed by atoms with Crippen molar-refractivity contribution >= 4 is 0 Å². The molecule has 2 N–H and O–H groups in total. The summed E-state index contributed by atoms with van der Waals surface area (Å²) in [7, 11) is 0. The standard InChI is InChI=1S/C17H22FN/c18-13-6-4-11(5-7-13)9-17(19)10-12-8-16(17)15-3-1-2-14(12)15/h4-7,12,14-16H,1-3,8-10,19H2. The van der Waals surface area contributed by atoms with Crippen LogP contribution in [0.25, 0.3) is 0 Å². The van der Waals surface area contributed by atoms with Crippen molar-refractivity contribution in [1.82, 2.24) is 0 Å². The molecule has 5 unspecified atom stereocenters. The van der Waals surface area contributed by atoms with E-state index in [-0.39, 0.29) is 11.4 Å². The monoisotopic (exact) mass is 259 g/mol. The number of rotatable bonds is 2. The molecule has 0 radical (unpaired) electrons. The summed E-state index contributed by atoms with van der Waals surface area (Å²) in [5.41, 5.74) is 7.96.